The Balaban J connectivity index is 2.03. The Labute approximate surface area is 187 Å². The summed E-state index contributed by atoms with van der Waals surface area (Å²) >= 11 is 0. The van der Waals surface area contributed by atoms with Crippen LogP contribution in [0.25, 0.3) is 5.69 Å². The lowest BCUT2D eigenvalue weighted by Crippen LogP contribution is -2.34. The van der Waals surface area contributed by atoms with E-state index in [0.717, 1.165) is 5.56 Å². The van der Waals surface area contributed by atoms with Crippen LogP contribution in [0, 0.1) is 18.6 Å². The van der Waals surface area contributed by atoms with Gasteiger partial charge in [0, 0.05) is 26.7 Å². The summed E-state index contributed by atoms with van der Waals surface area (Å²) in [7, 11) is 1.62. The van der Waals surface area contributed by atoms with Crippen molar-refractivity contribution in [1.29, 1.82) is 0 Å². The van der Waals surface area contributed by atoms with Crippen LogP contribution in [0.1, 0.15) is 24.6 Å². The van der Waals surface area contributed by atoms with E-state index < -0.39 is 11.9 Å². The van der Waals surface area contributed by atoms with Crippen LogP contribution in [0.5, 0.6) is 11.6 Å². The summed E-state index contributed by atoms with van der Waals surface area (Å²) in [5, 5.41) is 14.8. The first-order chi connectivity index (χ1) is 15.4. The van der Waals surface area contributed by atoms with Crippen molar-refractivity contribution in [3.8, 4) is 17.3 Å². The number of benzene rings is 2. The normalized spacial score (nSPS) is 12.3. The number of aliphatic hydroxyl groups is 1. The van der Waals surface area contributed by atoms with Gasteiger partial charge in [-0.3, -0.25) is 4.90 Å². The number of nitrogens with zero attached hydrogens (tertiary/aromatic N) is 3. The Morgan fingerprint density at radius 3 is 2.50 bits per heavy atom. The molecule has 0 saturated heterocycles. The maximum atomic E-state index is 14.4. The molecule has 3 aromatic rings. The van der Waals surface area contributed by atoms with Gasteiger partial charge in [0.1, 0.15) is 5.82 Å². The van der Waals surface area contributed by atoms with Gasteiger partial charge in [-0.05, 0) is 49.7 Å². The van der Waals surface area contributed by atoms with Gasteiger partial charge < -0.3 is 14.6 Å². The SMILES string of the molecule is CC[C@H](O)CN(CCOC)Cc1c(C)nn(-c2ccc(F)cc2)c1Oc1ccccc1F. The fourth-order valence-corrected chi connectivity index (χ4v) is 3.32. The van der Waals surface area contributed by atoms with Gasteiger partial charge in [0.05, 0.1) is 29.7 Å². The van der Waals surface area contributed by atoms with Crippen molar-refractivity contribution in [2.75, 3.05) is 26.8 Å². The fraction of sp³-hybridized carbons (Fsp3) is 0.375. The quantitative estimate of drug-likeness (QED) is 0.472. The van der Waals surface area contributed by atoms with E-state index in [2.05, 4.69) is 5.10 Å². The molecule has 0 bridgehead atoms. The van der Waals surface area contributed by atoms with Gasteiger partial charge in [0.25, 0.3) is 0 Å². The number of methoxy groups -OCH3 is 1. The molecular weight excluding hydrogens is 416 g/mol. The van der Waals surface area contributed by atoms with Crippen molar-refractivity contribution in [2.24, 2.45) is 0 Å². The molecule has 0 aliphatic carbocycles. The molecule has 1 heterocycles. The van der Waals surface area contributed by atoms with Gasteiger partial charge in [-0.25, -0.2) is 13.5 Å². The molecule has 0 saturated carbocycles. The standard InChI is InChI=1S/C24H29F2N3O3/c1-4-20(30)15-28(13-14-31-3)16-21-17(2)27-29(19-11-9-18(25)10-12-19)24(21)32-23-8-6-5-7-22(23)26/h5-12,20,30H,4,13-16H2,1-3H3/t20-/m0/s1. The number of aliphatic hydroxyl groups excluding tert-OH is 1. The highest BCUT2D eigenvalue weighted by atomic mass is 19.1. The minimum Gasteiger partial charge on any atom is -0.435 e. The number of hydrogen-bond acceptors (Lipinski definition) is 5. The number of ether oxygens (including phenoxy) is 2. The van der Waals surface area contributed by atoms with E-state index >= 15 is 0 Å². The lowest BCUT2D eigenvalue weighted by molar-refractivity contribution is 0.0825. The van der Waals surface area contributed by atoms with E-state index in [1.54, 1.807) is 42.1 Å². The Kier molecular flexibility index (Phi) is 8.33. The zero-order valence-electron chi connectivity index (χ0n) is 18.6. The molecule has 6 nitrogen and oxygen atoms in total. The minimum absolute atomic E-state index is 0.0639. The first-order valence-electron chi connectivity index (χ1n) is 10.6. The number of aromatic nitrogens is 2. The van der Waals surface area contributed by atoms with E-state index in [0.29, 0.717) is 49.9 Å². The summed E-state index contributed by atoms with van der Waals surface area (Å²) < 4.78 is 40.7. The summed E-state index contributed by atoms with van der Waals surface area (Å²) in [6.45, 7) is 5.70. The average molecular weight is 446 g/mol. The zero-order valence-corrected chi connectivity index (χ0v) is 18.6. The van der Waals surface area contributed by atoms with Gasteiger partial charge in [-0.2, -0.15) is 5.10 Å². The van der Waals surface area contributed by atoms with Crippen LogP contribution >= 0.6 is 0 Å². The van der Waals surface area contributed by atoms with Crippen LogP contribution in [-0.2, 0) is 11.3 Å². The molecule has 3 rings (SSSR count). The lowest BCUT2D eigenvalue weighted by atomic mass is 10.2. The summed E-state index contributed by atoms with van der Waals surface area (Å²) in [4.78, 5) is 2.05. The third-order valence-electron chi connectivity index (χ3n) is 5.19. The van der Waals surface area contributed by atoms with Crippen molar-refractivity contribution in [3.05, 3.63) is 71.4 Å². The Morgan fingerprint density at radius 2 is 1.84 bits per heavy atom. The molecule has 1 N–H and O–H groups in total. The molecule has 172 valence electrons. The summed E-state index contributed by atoms with van der Waals surface area (Å²) in [6, 6.07) is 12.0. The maximum Gasteiger partial charge on any atom is 0.227 e. The molecule has 2 aromatic carbocycles. The highest BCUT2D eigenvalue weighted by Crippen LogP contribution is 2.32. The van der Waals surface area contributed by atoms with Crippen molar-refractivity contribution in [2.45, 2.75) is 32.9 Å². The second kappa shape index (κ2) is 11.2. The molecule has 0 aliphatic heterocycles. The number of aryl methyl sites for hydroxylation is 1. The molecule has 1 aromatic heterocycles. The Bertz CT molecular complexity index is 1010. The van der Waals surface area contributed by atoms with Gasteiger partial charge in [0.2, 0.25) is 5.88 Å². The first kappa shape index (κ1) is 23.8. The predicted octanol–water partition coefficient (Wildman–Crippen LogP) is 4.47. The first-order valence-corrected chi connectivity index (χ1v) is 10.6. The van der Waals surface area contributed by atoms with Crippen LogP contribution in [-0.4, -0.2) is 52.7 Å². The smallest absolute Gasteiger partial charge is 0.227 e. The van der Waals surface area contributed by atoms with Gasteiger partial charge in [0.15, 0.2) is 11.6 Å². The Morgan fingerprint density at radius 1 is 1.12 bits per heavy atom. The zero-order chi connectivity index (χ0) is 23.1. The minimum atomic E-state index is -0.499. The number of hydrogen-bond donors (Lipinski definition) is 1. The topological polar surface area (TPSA) is 59.8 Å². The van der Waals surface area contributed by atoms with Crippen molar-refractivity contribution < 1.29 is 23.4 Å². The number of para-hydroxylation sites is 1. The largest absolute Gasteiger partial charge is 0.435 e. The predicted molar refractivity (Wildman–Crippen MR) is 118 cm³/mol. The Hall–Kier alpha value is -2.81. The van der Waals surface area contributed by atoms with Crippen LogP contribution in [0.2, 0.25) is 0 Å². The molecule has 0 unspecified atom stereocenters. The average Bonchev–Trinajstić information content (AvgIpc) is 3.09. The van der Waals surface area contributed by atoms with E-state index in [1.165, 1.54) is 18.2 Å². The van der Waals surface area contributed by atoms with E-state index in [1.807, 2.05) is 18.7 Å². The molecular formula is C24H29F2N3O3. The highest BCUT2D eigenvalue weighted by molar-refractivity contribution is 5.43. The fourth-order valence-electron chi connectivity index (χ4n) is 3.32. The molecule has 0 spiro atoms. The molecule has 1 atom stereocenters. The monoisotopic (exact) mass is 445 g/mol. The molecule has 32 heavy (non-hydrogen) atoms. The summed E-state index contributed by atoms with van der Waals surface area (Å²) in [5.74, 6) is -0.462. The lowest BCUT2D eigenvalue weighted by Gasteiger charge is -2.24. The second-order valence-electron chi connectivity index (χ2n) is 7.58. The molecule has 0 amide bonds. The highest BCUT2D eigenvalue weighted by Gasteiger charge is 2.23. The number of rotatable bonds is 11. The van der Waals surface area contributed by atoms with Crippen LogP contribution in [0.4, 0.5) is 8.78 Å². The van der Waals surface area contributed by atoms with Crippen LogP contribution in [0.15, 0.2) is 48.5 Å². The van der Waals surface area contributed by atoms with Gasteiger partial charge in [-0.1, -0.05) is 19.1 Å². The summed E-state index contributed by atoms with van der Waals surface area (Å²) in [6.07, 6.45) is 0.130. The third-order valence-corrected chi connectivity index (χ3v) is 5.19. The van der Waals surface area contributed by atoms with Crippen LogP contribution < -0.4 is 4.74 Å². The van der Waals surface area contributed by atoms with Crippen molar-refractivity contribution >= 4 is 0 Å². The molecule has 8 heteroatoms. The van der Waals surface area contributed by atoms with E-state index in [-0.39, 0.29) is 11.6 Å². The number of halogens is 2. The van der Waals surface area contributed by atoms with Crippen molar-refractivity contribution in [3.63, 3.8) is 0 Å². The van der Waals surface area contributed by atoms with Gasteiger partial charge >= 0.3 is 0 Å². The van der Waals surface area contributed by atoms with E-state index in [9.17, 15) is 13.9 Å². The maximum absolute atomic E-state index is 14.4. The van der Waals surface area contributed by atoms with Gasteiger partial charge in [-0.15, -0.1) is 0 Å². The van der Waals surface area contributed by atoms with Crippen molar-refractivity contribution in [1.82, 2.24) is 14.7 Å². The molecule has 0 fully saturated rings. The van der Waals surface area contributed by atoms with E-state index in [4.69, 9.17) is 9.47 Å². The third kappa shape index (κ3) is 5.91. The molecule has 0 radical (unpaired) electrons. The molecule has 0 aliphatic rings. The summed E-state index contributed by atoms with van der Waals surface area (Å²) in [5.41, 5.74) is 2.02. The second-order valence-corrected chi connectivity index (χ2v) is 7.58. The van der Waals surface area contributed by atoms with Crippen LogP contribution in [0.3, 0.4) is 0 Å².